The molecule has 8 nitrogen and oxygen atoms in total. The number of aromatic amines is 1. The van der Waals surface area contributed by atoms with Crippen LogP contribution < -0.4 is 0 Å². The quantitative estimate of drug-likeness (QED) is 0.704. The Morgan fingerprint density at radius 1 is 1.23 bits per heavy atom. The Morgan fingerprint density at radius 3 is 2.80 bits per heavy atom. The molecule has 0 aliphatic carbocycles. The van der Waals surface area contributed by atoms with Crippen molar-refractivity contribution in [2.24, 2.45) is 0 Å². The summed E-state index contributed by atoms with van der Waals surface area (Å²) in [6.07, 6.45) is 8.82. The molecule has 2 aliphatic rings. The molecular weight excluding hydrogens is 378 g/mol. The second kappa shape index (κ2) is 8.07. The predicted molar refractivity (Wildman–Crippen MR) is 114 cm³/mol. The molecule has 1 N–H and O–H groups in total. The number of amides is 1. The molecule has 2 saturated heterocycles. The standard InChI is InChI=1S/C22H27N7O/c23-7-3-9-27-12-5-16(6-13-27)29-19(14-20(30)28-10-1-2-11-28)26-18-15-25-22-17(21(18)29)4-8-24-22/h4,8,15-16H,1-3,5-6,9-14H2,(H,24,25). The maximum atomic E-state index is 12.9. The highest BCUT2D eigenvalue weighted by Crippen LogP contribution is 2.32. The Morgan fingerprint density at radius 2 is 2.03 bits per heavy atom. The van der Waals surface area contributed by atoms with E-state index in [1.165, 1.54) is 0 Å². The van der Waals surface area contributed by atoms with Crippen molar-refractivity contribution in [1.82, 2.24) is 29.3 Å². The van der Waals surface area contributed by atoms with Crippen LogP contribution in [0.3, 0.4) is 0 Å². The largest absolute Gasteiger partial charge is 0.346 e. The van der Waals surface area contributed by atoms with Crippen molar-refractivity contribution in [2.75, 3.05) is 32.7 Å². The zero-order valence-electron chi connectivity index (χ0n) is 17.2. The van der Waals surface area contributed by atoms with Gasteiger partial charge in [-0.05, 0) is 31.7 Å². The third-order valence-corrected chi connectivity index (χ3v) is 6.54. The number of nitrogens with zero attached hydrogens (tertiary/aromatic N) is 6. The Kier molecular flexibility index (Phi) is 5.13. The summed E-state index contributed by atoms with van der Waals surface area (Å²) in [5.41, 5.74) is 2.80. The fourth-order valence-electron chi connectivity index (χ4n) is 4.98. The first-order valence-electron chi connectivity index (χ1n) is 10.9. The van der Waals surface area contributed by atoms with Gasteiger partial charge < -0.3 is 19.4 Å². The summed E-state index contributed by atoms with van der Waals surface area (Å²) in [6.45, 7) is 4.49. The van der Waals surface area contributed by atoms with Gasteiger partial charge in [-0.2, -0.15) is 5.26 Å². The minimum absolute atomic E-state index is 0.175. The SMILES string of the molecule is N#CCCN1CCC(n2c(CC(=O)N3CCCC3)nc3cnc4[nH]ccc4c32)CC1. The second-order valence-electron chi connectivity index (χ2n) is 8.38. The first kappa shape index (κ1) is 19.1. The number of H-pyrrole nitrogens is 1. The Bertz CT molecular complexity index is 1090. The number of likely N-dealkylation sites (tertiary alicyclic amines) is 2. The lowest BCUT2D eigenvalue weighted by molar-refractivity contribution is -0.129. The molecule has 0 unspecified atom stereocenters. The van der Waals surface area contributed by atoms with Crippen molar-refractivity contribution >= 4 is 28.0 Å². The van der Waals surface area contributed by atoms with E-state index in [2.05, 4.69) is 31.6 Å². The normalized spacial score (nSPS) is 18.4. The third-order valence-electron chi connectivity index (χ3n) is 6.54. The lowest BCUT2D eigenvalue weighted by atomic mass is 10.0. The second-order valence-corrected chi connectivity index (χ2v) is 8.38. The molecule has 0 radical (unpaired) electrons. The molecule has 0 bridgehead atoms. The number of nitriles is 1. The Labute approximate surface area is 175 Å². The number of carbonyl (C=O) groups excluding carboxylic acids is 1. The number of hydrogen-bond acceptors (Lipinski definition) is 5. The average molecular weight is 406 g/mol. The van der Waals surface area contributed by atoms with E-state index >= 15 is 0 Å². The van der Waals surface area contributed by atoms with E-state index in [-0.39, 0.29) is 5.91 Å². The van der Waals surface area contributed by atoms with Gasteiger partial charge in [-0.25, -0.2) is 9.97 Å². The first-order chi connectivity index (χ1) is 14.7. The van der Waals surface area contributed by atoms with Crippen LogP contribution in [0.5, 0.6) is 0 Å². The van der Waals surface area contributed by atoms with Crippen LogP contribution in [0.15, 0.2) is 18.5 Å². The van der Waals surface area contributed by atoms with Crippen molar-refractivity contribution in [1.29, 1.82) is 5.26 Å². The summed E-state index contributed by atoms with van der Waals surface area (Å²) in [5, 5.41) is 9.94. The molecule has 0 saturated carbocycles. The van der Waals surface area contributed by atoms with E-state index in [0.29, 0.717) is 18.9 Å². The molecule has 30 heavy (non-hydrogen) atoms. The zero-order valence-corrected chi connectivity index (χ0v) is 17.2. The van der Waals surface area contributed by atoms with E-state index in [0.717, 1.165) is 86.3 Å². The van der Waals surface area contributed by atoms with Gasteiger partial charge in [0.2, 0.25) is 5.91 Å². The molecule has 5 heterocycles. The summed E-state index contributed by atoms with van der Waals surface area (Å²) < 4.78 is 2.32. The average Bonchev–Trinajstić information content (AvgIpc) is 3.51. The molecule has 1 amide bonds. The lowest BCUT2D eigenvalue weighted by Gasteiger charge is -2.33. The van der Waals surface area contributed by atoms with Crippen LogP contribution >= 0.6 is 0 Å². The molecular formula is C22H27N7O. The van der Waals surface area contributed by atoms with Crippen LogP contribution in [0.2, 0.25) is 0 Å². The number of hydrogen-bond donors (Lipinski definition) is 1. The molecule has 0 aromatic carbocycles. The number of aromatic nitrogens is 4. The van der Waals surface area contributed by atoms with Crippen molar-refractivity contribution in [3.05, 3.63) is 24.3 Å². The Balaban J connectivity index is 1.50. The number of pyridine rings is 1. The molecule has 2 fully saturated rings. The van der Waals surface area contributed by atoms with Crippen LogP contribution in [0, 0.1) is 11.3 Å². The van der Waals surface area contributed by atoms with Gasteiger partial charge in [0.1, 0.15) is 17.0 Å². The highest BCUT2D eigenvalue weighted by atomic mass is 16.2. The minimum atomic E-state index is 0.175. The summed E-state index contributed by atoms with van der Waals surface area (Å²) in [5.74, 6) is 1.03. The van der Waals surface area contributed by atoms with E-state index in [4.69, 9.17) is 10.2 Å². The number of imidazole rings is 1. The topological polar surface area (TPSA) is 93.8 Å². The smallest absolute Gasteiger partial charge is 0.230 e. The maximum Gasteiger partial charge on any atom is 0.230 e. The van der Waals surface area contributed by atoms with Crippen molar-refractivity contribution in [3.63, 3.8) is 0 Å². The number of rotatable bonds is 5. The van der Waals surface area contributed by atoms with Crippen molar-refractivity contribution in [3.8, 4) is 6.07 Å². The lowest BCUT2D eigenvalue weighted by Crippen LogP contribution is -2.36. The van der Waals surface area contributed by atoms with Crippen LogP contribution in [0.25, 0.3) is 22.1 Å². The van der Waals surface area contributed by atoms with E-state index < -0.39 is 0 Å². The molecule has 2 aliphatic heterocycles. The van der Waals surface area contributed by atoms with Gasteiger partial charge in [-0.15, -0.1) is 0 Å². The van der Waals surface area contributed by atoms with Gasteiger partial charge in [0.15, 0.2) is 0 Å². The fraction of sp³-hybridized carbons (Fsp3) is 0.545. The van der Waals surface area contributed by atoms with E-state index in [1.54, 1.807) is 0 Å². The van der Waals surface area contributed by atoms with E-state index in [1.807, 2.05) is 17.3 Å². The Hall–Kier alpha value is -2.92. The molecule has 5 rings (SSSR count). The number of fused-ring (bicyclic) bond motifs is 3. The predicted octanol–water partition coefficient (Wildman–Crippen LogP) is 2.63. The van der Waals surface area contributed by atoms with E-state index in [9.17, 15) is 4.79 Å². The highest BCUT2D eigenvalue weighted by Gasteiger charge is 2.28. The first-order valence-corrected chi connectivity index (χ1v) is 10.9. The minimum Gasteiger partial charge on any atom is -0.346 e. The molecule has 3 aromatic heterocycles. The third kappa shape index (κ3) is 3.43. The number of carbonyl (C=O) groups is 1. The van der Waals surface area contributed by atoms with Crippen LogP contribution in [0.4, 0.5) is 0 Å². The van der Waals surface area contributed by atoms with Gasteiger partial charge in [0.05, 0.1) is 24.2 Å². The zero-order chi connectivity index (χ0) is 20.5. The van der Waals surface area contributed by atoms with Crippen molar-refractivity contribution < 1.29 is 4.79 Å². The molecule has 0 atom stereocenters. The number of piperidine rings is 1. The summed E-state index contributed by atoms with van der Waals surface area (Å²) in [7, 11) is 0. The van der Waals surface area contributed by atoms with Crippen LogP contribution in [-0.2, 0) is 11.2 Å². The maximum absolute atomic E-state index is 12.9. The van der Waals surface area contributed by atoms with Gasteiger partial charge >= 0.3 is 0 Å². The van der Waals surface area contributed by atoms with Gasteiger partial charge in [0, 0.05) is 56.8 Å². The van der Waals surface area contributed by atoms with Crippen LogP contribution in [-0.4, -0.2) is 67.9 Å². The van der Waals surface area contributed by atoms with Gasteiger partial charge in [-0.3, -0.25) is 4.79 Å². The molecule has 3 aromatic rings. The summed E-state index contributed by atoms with van der Waals surface area (Å²) in [6, 6.07) is 4.60. The fourth-order valence-corrected chi connectivity index (χ4v) is 4.98. The van der Waals surface area contributed by atoms with Gasteiger partial charge in [0.25, 0.3) is 0 Å². The van der Waals surface area contributed by atoms with Gasteiger partial charge in [-0.1, -0.05) is 0 Å². The monoisotopic (exact) mass is 405 g/mol. The molecule has 0 spiro atoms. The van der Waals surface area contributed by atoms with Crippen LogP contribution in [0.1, 0.15) is 44.0 Å². The summed E-state index contributed by atoms with van der Waals surface area (Å²) >= 11 is 0. The molecule has 8 heteroatoms. The molecule has 156 valence electrons. The summed E-state index contributed by atoms with van der Waals surface area (Å²) in [4.78, 5) is 29.8. The highest BCUT2D eigenvalue weighted by molar-refractivity contribution is 6.01. The van der Waals surface area contributed by atoms with Crippen molar-refractivity contribution in [2.45, 2.75) is 44.6 Å². The number of nitrogens with one attached hydrogen (secondary N) is 1.